The summed E-state index contributed by atoms with van der Waals surface area (Å²) in [4.78, 5) is 0. The van der Waals surface area contributed by atoms with E-state index < -0.39 is 0 Å². The Kier molecular flexibility index (Phi) is 8.38. The highest BCUT2D eigenvalue weighted by atomic mass is 31.1. The van der Waals surface area contributed by atoms with Gasteiger partial charge in [0, 0.05) is 0 Å². The first-order valence-corrected chi connectivity index (χ1v) is 16.6. The van der Waals surface area contributed by atoms with Crippen LogP contribution in [0.15, 0.2) is 60.7 Å². The molecule has 3 fully saturated rings. The molecule has 0 bridgehead atoms. The second kappa shape index (κ2) is 11.6. The topological polar surface area (TPSA) is 0 Å². The molecule has 0 N–H and O–H groups in total. The van der Waals surface area contributed by atoms with Crippen molar-refractivity contribution in [3.63, 3.8) is 0 Å². The van der Waals surface area contributed by atoms with Crippen LogP contribution in [0.2, 0.25) is 0 Å². The molecule has 3 saturated carbocycles. The Morgan fingerprint density at radius 3 is 1.53 bits per heavy atom. The third kappa shape index (κ3) is 5.50. The first-order chi connectivity index (χ1) is 15.9. The van der Waals surface area contributed by atoms with Crippen LogP contribution in [-0.4, -0.2) is 23.1 Å². The number of rotatable bonds is 7. The van der Waals surface area contributed by atoms with Gasteiger partial charge < -0.3 is 0 Å². The summed E-state index contributed by atoms with van der Waals surface area (Å²) in [6.07, 6.45) is 21.4. The van der Waals surface area contributed by atoms with Crippen molar-refractivity contribution in [3.8, 4) is 0 Å². The molecule has 0 aliphatic heterocycles. The largest absolute Gasteiger partial charge is 0.0969 e. The molecule has 0 saturated heterocycles. The molecule has 2 atom stereocenters. The van der Waals surface area contributed by atoms with E-state index in [-0.39, 0.29) is 15.8 Å². The number of benzene rings is 2. The lowest BCUT2D eigenvalue weighted by Gasteiger charge is -2.44. The van der Waals surface area contributed by atoms with Gasteiger partial charge in [-0.05, 0) is 86.1 Å². The zero-order chi connectivity index (χ0) is 21.6. The minimum atomic E-state index is -0.238. The third-order valence-electron chi connectivity index (χ3n) is 8.55. The van der Waals surface area contributed by atoms with Crippen LogP contribution in [0.5, 0.6) is 0 Å². The van der Waals surface area contributed by atoms with Crippen LogP contribution in [0.1, 0.15) is 83.5 Å². The summed E-state index contributed by atoms with van der Waals surface area (Å²) in [5.41, 5.74) is 3.27. The lowest BCUT2D eigenvalue weighted by molar-refractivity contribution is 0.475. The fraction of sp³-hybridized carbons (Fsp3) is 0.600. The molecular formula is C30H42P2. The normalized spacial score (nSPS) is 25.6. The zero-order valence-electron chi connectivity index (χ0n) is 19.9. The molecule has 2 aromatic rings. The van der Waals surface area contributed by atoms with Gasteiger partial charge in [0.25, 0.3) is 0 Å². The average molecular weight is 465 g/mol. The van der Waals surface area contributed by atoms with E-state index in [1.54, 1.807) is 42.7 Å². The van der Waals surface area contributed by atoms with Gasteiger partial charge in [-0.2, -0.15) is 0 Å². The van der Waals surface area contributed by atoms with Crippen LogP contribution in [0.3, 0.4) is 0 Å². The standard InChI is InChI=1S/C30H42P2/c1-5-15-26(16-6-1)31(27-17-7-2-8-18-27)24-25-14-13-23-30(25)32(28-19-9-3-10-20-28)29-21-11-4-12-22-29/h1-2,5-8,15-18,25,28-30H,3-4,9-14,19-24H2/t25-,30-/m1/s1. The SMILES string of the molecule is c1ccc(P(C[C@H]2CCC[C@H]2P(C2CCCCC2)C2CCCCC2)c2ccccc2)cc1. The molecule has 5 rings (SSSR count). The monoisotopic (exact) mass is 464 g/mol. The molecule has 0 heterocycles. The first kappa shape index (κ1) is 23.1. The Morgan fingerprint density at radius 2 is 1.03 bits per heavy atom. The molecule has 0 nitrogen and oxygen atoms in total. The van der Waals surface area contributed by atoms with Crippen molar-refractivity contribution in [2.75, 3.05) is 6.16 Å². The lowest BCUT2D eigenvalue weighted by Crippen LogP contribution is -2.30. The van der Waals surface area contributed by atoms with Crippen molar-refractivity contribution in [2.24, 2.45) is 5.92 Å². The molecule has 0 radical (unpaired) electrons. The molecule has 0 unspecified atom stereocenters. The Balaban J connectivity index is 1.40. The van der Waals surface area contributed by atoms with E-state index >= 15 is 0 Å². The van der Waals surface area contributed by atoms with E-state index in [0.717, 1.165) is 22.9 Å². The smallest absolute Gasteiger partial charge is 0.0172 e. The molecule has 0 spiro atoms. The molecule has 0 aromatic heterocycles. The van der Waals surface area contributed by atoms with Crippen molar-refractivity contribution in [2.45, 2.75) is 100 Å². The maximum Gasteiger partial charge on any atom is -0.0172 e. The lowest BCUT2D eigenvalue weighted by atomic mass is 9.99. The van der Waals surface area contributed by atoms with Crippen LogP contribution in [0.25, 0.3) is 0 Å². The van der Waals surface area contributed by atoms with Crippen molar-refractivity contribution in [1.82, 2.24) is 0 Å². The Labute approximate surface area is 199 Å². The summed E-state index contributed by atoms with van der Waals surface area (Å²) in [5, 5.41) is 3.19. The van der Waals surface area contributed by atoms with Crippen LogP contribution < -0.4 is 10.6 Å². The molecule has 3 aliphatic rings. The molecule has 2 aromatic carbocycles. The van der Waals surface area contributed by atoms with Gasteiger partial charge in [0.2, 0.25) is 0 Å². The summed E-state index contributed by atoms with van der Waals surface area (Å²) in [6, 6.07) is 23.1. The van der Waals surface area contributed by atoms with E-state index in [1.807, 2.05) is 0 Å². The Morgan fingerprint density at radius 1 is 0.531 bits per heavy atom. The maximum atomic E-state index is 2.41. The predicted octanol–water partition coefficient (Wildman–Crippen LogP) is 8.44. The van der Waals surface area contributed by atoms with E-state index in [1.165, 1.54) is 57.5 Å². The summed E-state index contributed by atoms with van der Waals surface area (Å²) >= 11 is 0. The van der Waals surface area contributed by atoms with E-state index in [0.29, 0.717) is 0 Å². The van der Waals surface area contributed by atoms with Crippen molar-refractivity contribution < 1.29 is 0 Å². The molecule has 172 valence electrons. The van der Waals surface area contributed by atoms with Gasteiger partial charge in [-0.25, -0.2) is 0 Å². The molecule has 32 heavy (non-hydrogen) atoms. The van der Waals surface area contributed by atoms with Crippen LogP contribution in [-0.2, 0) is 0 Å². The summed E-state index contributed by atoms with van der Waals surface area (Å²) in [6.45, 7) is 0. The molecular weight excluding hydrogens is 422 g/mol. The van der Waals surface area contributed by atoms with Crippen LogP contribution in [0, 0.1) is 5.92 Å². The van der Waals surface area contributed by atoms with Gasteiger partial charge in [0.15, 0.2) is 0 Å². The quantitative estimate of drug-likeness (QED) is 0.361. The molecule has 2 heteroatoms. The fourth-order valence-electron chi connectivity index (χ4n) is 7.03. The maximum absolute atomic E-state index is 2.41. The molecule has 0 amide bonds. The van der Waals surface area contributed by atoms with E-state index in [9.17, 15) is 0 Å². The Hall–Kier alpha value is -0.700. The van der Waals surface area contributed by atoms with Crippen LogP contribution >= 0.6 is 15.8 Å². The van der Waals surface area contributed by atoms with Gasteiger partial charge in [0.05, 0.1) is 0 Å². The molecule has 3 aliphatic carbocycles. The Bertz CT molecular complexity index is 735. The predicted molar refractivity (Wildman–Crippen MR) is 146 cm³/mol. The summed E-state index contributed by atoms with van der Waals surface area (Å²) in [7, 11) is -0.0333. The highest BCUT2D eigenvalue weighted by Gasteiger charge is 2.42. The third-order valence-corrected chi connectivity index (χ3v) is 15.4. The van der Waals surface area contributed by atoms with Crippen molar-refractivity contribution in [1.29, 1.82) is 0 Å². The van der Waals surface area contributed by atoms with Gasteiger partial charge >= 0.3 is 0 Å². The van der Waals surface area contributed by atoms with E-state index in [2.05, 4.69) is 60.7 Å². The summed E-state index contributed by atoms with van der Waals surface area (Å²) < 4.78 is 0. The van der Waals surface area contributed by atoms with Gasteiger partial charge in [-0.1, -0.05) is 114 Å². The average Bonchev–Trinajstić information content (AvgIpc) is 3.33. The first-order valence-electron chi connectivity index (χ1n) is 13.6. The van der Waals surface area contributed by atoms with E-state index in [4.69, 9.17) is 0 Å². The highest BCUT2D eigenvalue weighted by Crippen LogP contribution is 2.64. The second-order valence-electron chi connectivity index (χ2n) is 10.6. The highest BCUT2D eigenvalue weighted by molar-refractivity contribution is 7.73. The minimum absolute atomic E-state index is 0.205. The van der Waals surface area contributed by atoms with Crippen molar-refractivity contribution >= 4 is 26.5 Å². The fourth-order valence-corrected chi connectivity index (χ4v) is 14.7. The van der Waals surface area contributed by atoms with Crippen molar-refractivity contribution in [3.05, 3.63) is 60.7 Å². The van der Waals surface area contributed by atoms with Gasteiger partial charge in [-0.15, -0.1) is 0 Å². The zero-order valence-corrected chi connectivity index (χ0v) is 21.7. The van der Waals surface area contributed by atoms with Crippen LogP contribution in [0.4, 0.5) is 0 Å². The number of hydrogen-bond acceptors (Lipinski definition) is 0. The summed E-state index contributed by atoms with van der Waals surface area (Å²) in [5.74, 6) is 0.969. The van der Waals surface area contributed by atoms with Gasteiger partial charge in [0.1, 0.15) is 0 Å². The second-order valence-corrected chi connectivity index (χ2v) is 15.8. The number of hydrogen-bond donors (Lipinski definition) is 0. The van der Waals surface area contributed by atoms with Gasteiger partial charge in [-0.3, -0.25) is 0 Å². The minimum Gasteiger partial charge on any atom is -0.0969 e.